The molecule has 1 aliphatic heterocycles. The molecule has 2 aromatic heterocycles. The summed E-state index contributed by atoms with van der Waals surface area (Å²) in [5.74, 6) is 0.697. The number of nitrogens with one attached hydrogen (secondary N) is 1. The number of tetrazole rings is 1. The summed E-state index contributed by atoms with van der Waals surface area (Å²) in [6, 6.07) is 7.39. The molecule has 1 aliphatic carbocycles. The van der Waals surface area contributed by atoms with Crippen molar-refractivity contribution in [3.8, 4) is 11.4 Å². The number of hydrogen-bond donors (Lipinski definition) is 2. The Balaban J connectivity index is 1.48. The molecular formula is C19H20N8O. The van der Waals surface area contributed by atoms with Crippen molar-refractivity contribution in [2.45, 2.75) is 31.1 Å². The highest BCUT2D eigenvalue weighted by atomic mass is 16.2. The molecular weight excluding hydrogens is 356 g/mol. The summed E-state index contributed by atoms with van der Waals surface area (Å²) in [4.78, 5) is 24.0. The van der Waals surface area contributed by atoms with Crippen molar-refractivity contribution in [3.63, 3.8) is 0 Å². The molecule has 9 heteroatoms. The van der Waals surface area contributed by atoms with Gasteiger partial charge in [0.1, 0.15) is 0 Å². The third-order valence-corrected chi connectivity index (χ3v) is 5.87. The van der Waals surface area contributed by atoms with Crippen molar-refractivity contribution < 1.29 is 4.79 Å². The van der Waals surface area contributed by atoms with E-state index in [0.717, 1.165) is 43.5 Å². The monoisotopic (exact) mass is 376 g/mol. The fourth-order valence-electron chi connectivity index (χ4n) is 4.57. The molecule has 9 nitrogen and oxygen atoms in total. The van der Waals surface area contributed by atoms with E-state index < -0.39 is 0 Å². The summed E-state index contributed by atoms with van der Waals surface area (Å²) in [6.45, 7) is 1.35. The molecule has 142 valence electrons. The molecule has 1 amide bonds. The van der Waals surface area contributed by atoms with Gasteiger partial charge in [0.15, 0.2) is 0 Å². The smallest absolute Gasteiger partial charge is 0.254 e. The molecule has 2 aliphatic rings. The largest absolute Gasteiger partial charge is 0.368 e. The highest BCUT2D eigenvalue weighted by Gasteiger charge is 2.45. The number of benzene rings is 1. The van der Waals surface area contributed by atoms with Gasteiger partial charge in [-0.05, 0) is 42.5 Å². The van der Waals surface area contributed by atoms with E-state index in [-0.39, 0.29) is 11.3 Å². The highest BCUT2D eigenvalue weighted by Crippen LogP contribution is 2.44. The first kappa shape index (κ1) is 16.8. The van der Waals surface area contributed by atoms with Gasteiger partial charge in [0.05, 0.1) is 11.3 Å². The van der Waals surface area contributed by atoms with Crippen LogP contribution in [0, 0.1) is 0 Å². The predicted molar refractivity (Wildman–Crippen MR) is 101 cm³/mol. The lowest BCUT2D eigenvalue weighted by molar-refractivity contribution is 0.0634. The Morgan fingerprint density at radius 1 is 1.25 bits per heavy atom. The highest BCUT2D eigenvalue weighted by molar-refractivity contribution is 6.00. The summed E-state index contributed by atoms with van der Waals surface area (Å²) >= 11 is 0. The van der Waals surface area contributed by atoms with Crippen LogP contribution in [0.5, 0.6) is 0 Å². The zero-order valence-electron chi connectivity index (χ0n) is 15.3. The number of hydrogen-bond acceptors (Lipinski definition) is 7. The van der Waals surface area contributed by atoms with Crippen molar-refractivity contribution in [1.29, 1.82) is 0 Å². The number of piperidine rings is 1. The molecule has 5 rings (SSSR count). The minimum absolute atomic E-state index is 0.0186. The summed E-state index contributed by atoms with van der Waals surface area (Å²) in [5, 5.41) is 14.1. The maximum atomic E-state index is 13.4. The van der Waals surface area contributed by atoms with Crippen LogP contribution in [0.15, 0.2) is 30.5 Å². The molecule has 3 heterocycles. The van der Waals surface area contributed by atoms with Crippen molar-refractivity contribution in [2.75, 3.05) is 18.8 Å². The Labute approximate surface area is 161 Å². The van der Waals surface area contributed by atoms with Crippen LogP contribution in [0.1, 0.15) is 40.9 Å². The number of likely N-dealkylation sites (tertiary alicyclic amines) is 1. The van der Waals surface area contributed by atoms with Gasteiger partial charge < -0.3 is 10.6 Å². The average molecular weight is 376 g/mol. The summed E-state index contributed by atoms with van der Waals surface area (Å²) in [7, 11) is 0. The van der Waals surface area contributed by atoms with Gasteiger partial charge >= 0.3 is 0 Å². The van der Waals surface area contributed by atoms with Crippen LogP contribution < -0.4 is 5.73 Å². The van der Waals surface area contributed by atoms with E-state index in [1.54, 1.807) is 0 Å². The molecule has 1 saturated heterocycles. The molecule has 1 unspecified atom stereocenters. The van der Waals surface area contributed by atoms with Crippen molar-refractivity contribution in [3.05, 3.63) is 47.3 Å². The number of carbonyl (C=O) groups excluding carboxylic acids is 1. The van der Waals surface area contributed by atoms with Gasteiger partial charge in [-0.25, -0.2) is 9.97 Å². The Bertz CT molecular complexity index is 1030. The number of aryl methyl sites for hydroxylation is 1. The van der Waals surface area contributed by atoms with Crippen LogP contribution >= 0.6 is 0 Å². The number of anilines is 1. The maximum Gasteiger partial charge on any atom is 0.254 e. The summed E-state index contributed by atoms with van der Waals surface area (Å²) in [6.07, 6.45) is 5.67. The predicted octanol–water partition coefficient (Wildman–Crippen LogP) is 1.36. The number of rotatable bonds is 2. The first-order valence-electron chi connectivity index (χ1n) is 9.40. The Morgan fingerprint density at radius 3 is 3.00 bits per heavy atom. The number of nitrogen functional groups attached to an aromatic ring is 1. The van der Waals surface area contributed by atoms with Gasteiger partial charge in [0, 0.05) is 30.3 Å². The fourth-order valence-corrected chi connectivity index (χ4v) is 4.57. The van der Waals surface area contributed by atoms with Gasteiger partial charge in [0.2, 0.25) is 11.8 Å². The molecule has 1 atom stereocenters. The van der Waals surface area contributed by atoms with E-state index in [9.17, 15) is 4.79 Å². The van der Waals surface area contributed by atoms with Gasteiger partial charge in [-0.15, -0.1) is 10.2 Å². The van der Waals surface area contributed by atoms with E-state index in [1.807, 2.05) is 35.4 Å². The number of carbonyl (C=O) groups is 1. The van der Waals surface area contributed by atoms with E-state index in [2.05, 4.69) is 30.6 Å². The maximum absolute atomic E-state index is 13.4. The van der Waals surface area contributed by atoms with Crippen molar-refractivity contribution in [1.82, 2.24) is 35.5 Å². The second kappa shape index (κ2) is 6.36. The zero-order valence-corrected chi connectivity index (χ0v) is 15.3. The molecule has 1 aromatic carbocycles. The van der Waals surface area contributed by atoms with Gasteiger partial charge in [-0.1, -0.05) is 18.2 Å². The van der Waals surface area contributed by atoms with Crippen LogP contribution in [0.25, 0.3) is 11.4 Å². The number of fused-ring (bicyclic) bond motifs is 2. The van der Waals surface area contributed by atoms with Crippen LogP contribution in [-0.2, 0) is 11.8 Å². The number of nitrogens with two attached hydrogens (primary N) is 1. The lowest BCUT2D eigenvalue weighted by atomic mass is 9.77. The average Bonchev–Trinajstić information content (AvgIpc) is 3.37. The topological polar surface area (TPSA) is 127 Å². The molecule has 1 spiro atoms. The lowest BCUT2D eigenvalue weighted by Crippen LogP contribution is -2.48. The molecule has 0 radical (unpaired) electrons. The quantitative estimate of drug-likeness (QED) is 0.691. The van der Waals surface area contributed by atoms with E-state index in [1.165, 1.54) is 0 Å². The van der Waals surface area contributed by atoms with Crippen LogP contribution in [0.3, 0.4) is 0 Å². The number of aromatic amines is 1. The second-order valence-electron chi connectivity index (χ2n) is 7.49. The third-order valence-electron chi connectivity index (χ3n) is 5.87. The lowest BCUT2D eigenvalue weighted by Gasteiger charge is -2.40. The normalized spacial score (nSPS) is 21.1. The fraction of sp³-hybridized carbons (Fsp3) is 0.368. The van der Waals surface area contributed by atoms with Gasteiger partial charge in [-0.2, -0.15) is 5.21 Å². The van der Waals surface area contributed by atoms with E-state index in [4.69, 9.17) is 5.73 Å². The van der Waals surface area contributed by atoms with Crippen LogP contribution in [0.2, 0.25) is 0 Å². The molecule has 0 bridgehead atoms. The van der Waals surface area contributed by atoms with Gasteiger partial charge in [0.25, 0.3) is 5.91 Å². The number of aromatic nitrogens is 6. The molecule has 0 saturated carbocycles. The first-order chi connectivity index (χ1) is 13.7. The first-order valence-corrected chi connectivity index (χ1v) is 9.40. The third kappa shape index (κ3) is 2.62. The number of nitrogens with zero attached hydrogens (tertiary/aromatic N) is 6. The second-order valence-corrected chi connectivity index (χ2v) is 7.49. The van der Waals surface area contributed by atoms with Gasteiger partial charge in [-0.3, -0.25) is 4.79 Å². The summed E-state index contributed by atoms with van der Waals surface area (Å²) in [5.41, 5.74) is 9.15. The summed E-state index contributed by atoms with van der Waals surface area (Å²) < 4.78 is 0. The Hall–Kier alpha value is -3.36. The van der Waals surface area contributed by atoms with E-state index >= 15 is 0 Å². The molecule has 28 heavy (non-hydrogen) atoms. The van der Waals surface area contributed by atoms with Crippen molar-refractivity contribution in [2.24, 2.45) is 0 Å². The standard InChI is InChI=1S/C19H20N8O/c20-18-21-10-12-6-8-19(15(12)22-18)7-3-9-27(11-19)17(28)14-5-2-1-4-13(14)16-23-25-26-24-16/h1-2,4-5,10H,3,6-9,11H2,(H2,20,21,22)(H,23,24,25,26). The Morgan fingerprint density at radius 2 is 2.14 bits per heavy atom. The molecule has 3 aromatic rings. The minimum Gasteiger partial charge on any atom is -0.368 e. The minimum atomic E-state index is -0.138. The number of H-pyrrole nitrogens is 1. The molecule has 3 N–H and O–H groups in total. The zero-order chi connectivity index (χ0) is 19.1. The van der Waals surface area contributed by atoms with E-state index in [0.29, 0.717) is 29.4 Å². The van der Waals surface area contributed by atoms with Crippen molar-refractivity contribution >= 4 is 11.9 Å². The van der Waals surface area contributed by atoms with Crippen LogP contribution in [0.4, 0.5) is 5.95 Å². The van der Waals surface area contributed by atoms with Crippen LogP contribution in [-0.4, -0.2) is 54.5 Å². The number of amides is 1. The Kier molecular flexibility index (Phi) is 3.81. The SMILES string of the molecule is Nc1ncc2c(n1)C1(CCCN(C(=O)c3ccccc3-c3nn[nH]n3)C1)CC2. The molecule has 1 fully saturated rings.